The van der Waals surface area contributed by atoms with E-state index in [1.807, 2.05) is 0 Å². The Bertz CT molecular complexity index is 444. The number of nitrogens with two attached hydrogens (primary N) is 1. The molecule has 2 unspecified atom stereocenters. The Kier molecular flexibility index (Phi) is 3.38. The van der Waals surface area contributed by atoms with Crippen LogP contribution in [0.4, 0.5) is 0 Å². The molecule has 2 atom stereocenters. The summed E-state index contributed by atoms with van der Waals surface area (Å²) in [7, 11) is 0. The maximum Gasteiger partial charge on any atom is 0.269 e. The van der Waals surface area contributed by atoms with Crippen LogP contribution in [0.5, 0.6) is 0 Å². The number of carbonyl (C=O) groups is 1. The molecule has 3 N–H and O–H groups in total. The number of thiocarbonyl (C=S) groups is 1. The summed E-state index contributed by atoms with van der Waals surface area (Å²) in [6, 6.07) is 3.35. The van der Waals surface area contributed by atoms with Gasteiger partial charge in [-0.1, -0.05) is 19.1 Å². The van der Waals surface area contributed by atoms with Gasteiger partial charge in [0.2, 0.25) is 0 Å². The van der Waals surface area contributed by atoms with E-state index in [-0.39, 0.29) is 10.9 Å². The van der Waals surface area contributed by atoms with Gasteiger partial charge in [-0.3, -0.25) is 9.78 Å². The molecule has 0 radical (unpaired) electrons. The minimum atomic E-state index is -0.140. The van der Waals surface area contributed by atoms with Crippen molar-refractivity contribution in [2.75, 3.05) is 6.54 Å². The third kappa shape index (κ3) is 3.00. The van der Waals surface area contributed by atoms with Crippen LogP contribution < -0.4 is 11.1 Å². The van der Waals surface area contributed by atoms with Crippen LogP contribution in [0, 0.1) is 11.8 Å². The van der Waals surface area contributed by atoms with Gasteiger partial charge >= 0.3 is 0 Å². The highest BCUT2D eigenvalue weighted by molar-refractivity contribution is 7.80. The fourth-order valence-electron chi connectivity index (χ4n) is 1.67. The first kappa shape index (κ1) is 12.0. The predicted molar refractivity (Wildman–Crippen MR) is 69.7 cm³/mol. The second kappa shape index (κ2) is 4.79. The van der Waals surface area contributed by atoms with Gasteiger partial charge in [-0.05, 0) is 30.4 Å². The lowest BCUT2D eigenvalue weighted by Gasteiger charge is -2.04. The molecule has 0 aliphatic heterocycles. The molecule has 0 bridgehead atoms. The molecule has 1 saturated carbocycles. The molecule has 1 fully saturated rings. The van der Waals surface area contributed by atoms with E-state index in [9.17, 15) is 4.79 Å². The van der Waals surface area contributed by atoms with Crippen LogP contribution >= 0.6 is 12.2 Å². The Morgan fingerprint density at radius 3 is 2.82 bits per heavy atom. The smallest absolute Gasteiger partial charge is 0.269 e. The molecule has 5 heteroatoms. The normalized spacial score (nSPS) is 21.9. The van der Waals surface area contributed by atoms with E-state index in [1.54, 1.807) is 12.1 Å². The van der Waals surface area contributed by atoms with E-state index in [2.05, 4.69) is 17.2 Å². The van der Waals surface area contributed by atoms with Gasteiger partial charge in [-0.2, -0.15) is 0 Å². The minimum absolute atomic E-state index is 0.140. The Morgan fingerprint density at radius 1 is 1.65 bits per heavy atom. The first-order valence-corrected chi connectivity index (χ1v) is 6.03. The zero-order valence-electron chi connectivity index (χ0n) is 9.64. The van der Waals surface area contributed by atoms with Crippen LogP contribution in [-0.4, -0.2) is 22.4 Å². The molecule has 0 saturated heterocycles. The minimum Gasteiger partial charge on any atom is -0.389 e. The Labute approximate surface area is 106 Å². The highest BCUT2D eigenvalue weighted by Gasteiger charge is 2.32. The van der Waals surface area contributed by atoms with Gasteiger partial charge in [0.15, 0.2) is 0 Å². The van der Waals surface area contributed by atoms with Crippen LogP contribution in [0.2, 0.25) is 0 Å². The average Bonchev–Trinajstić information content (AvgIpc) is 3.02. The first-order valence-electron chi connectivity index (χ1n) is 5.62. The molecular formula is C12H15N3OS. The lowest BCUT2D eigenvalue weighted by atomic mass is 10.2. The number of amides is 1. The van der Waals surface area contributed by atoms with Crippen LogP contribution in [0.15, 0.2) is 18.3 Å². The summed E-state index contributed by atoms with van der Waals surface area (Å²) in [6.45, 7) is 2.92. The van der Waals surface area contributed by atoms with Gasteiger partial charge < -0.3 is 11.1 Å². The molecule has 1 amide bonds. The molecule has 1 heterocycles. The molecular weight excluding hydrogens is 234 g/mol. The fraction of sp³-hybridized carbons (Fsp3) is 0.417. The van der Waals surface area contributed by atoms with E-state index < -0.39 is 0 Å². The van der Waals surface area contributed by atoms with E-state index in [4.69, 9.17) is 18.0 Å². The largest absolute Gasteiger partial charge is 0.389 e. The van der Waals surface area contributed by atoms with Crippen molar-refractivity contribution < 1.29 is 4.79 Å². The molecule has 1 aromatic rings. The van der Waals surface area contributed by atoms with Crippen molar-refractivity contribution in [1.29, 1.82) is 0 Å². The van der Waals surface area contributed by atoms with Crippen LogP contribution in [0.1, 0.15) is 29.4 Å². The summed E-state index contributed by atoms with van der Waals surface area (Å²) < 4.78 is 0. The predicted octanol–water partition coefficient (Wildman–Crippen LogP) is 1.10. The zero-order chi connectivity index (χ0) is 12.4. The van der Waals surface area contributed by atoms with Crippen molar-refractivity contribution >= 4 is 23.1 Å². The quantitative estimate of drug-likeness (QED) is 0.784. The van der Waals surface area contributed by atoms with Crippen LogP contribution in [0.25, 0.3) is 0 Å². The van der Waals surface area contributed by atoms with Crippen molar-refractivity contribution in [2.45, 2.75) is 13.3 Å². The maximum atomic E-state index is 11.7. The number of rotatable bonds is 4. The van der Waals surface area contributed by atoms with Gasteiger partial charge in [0.1, 0.15) is 10.7 Å². The van der Waals surface area contributed by atoms with Gasteiger partial charge in [-0.15, -0.1) is 0 Å². The Morgan fingerprint density at radius 2 is 2.35 bits per heavy atom. The molecule has 1 aliphatic rings. The van der Waals surface area contributed by atoms with Gasteiger partial charge in [0.25, 0.3) is 5.91 Å². The van der Waals surface area contributed by atoms with Crippen molar-refractivity contribution in [1.82, 2.24) is 10.3 Å². The van der Waals surface area contributed by atoms with Crippen LogP contribution in [-0.2, 0) is 0 Å². The van der Waals surface area contributed by atoms with Crippen molar-refractivity contribution in [3.8, 4) is 0 Å². The summed E-state index contributed by atoms with van der Waals surface area (Å²) in [5.41, 5.74) is 6.53. The highest BCUT2D eigenvalue weighted by Crippen LogP contribution is 2.36. The molecule has 1 aliphatic carbocycles. The van der Waals surface area contributed by atoms with Crippen molar-refractivity contribution in [2.24, 2.45) is 17.6 Å². The molecule has 2 rings (SSSR count). The molecule has 4 nitrogen and oxygen atoms in total. The Balaban J connectivity index is 1.92. The lowest BCUT2D eigenvalue weighted by Crippen LogP contribution is -2.26. The first-order chi connectivity index (χ1) is 8.08. The van der Waals surface area contributed by atoms with E-state index in [1.165, 1.54) is 12.6 Å². The summed E-state index contributed by atoms with van der Waals surface area (Å²) in [5.74, 6) is 1.23. The lowest BCUT2D eigenvalue weighted by molar-refractivity contribution is 0.0946. The Hall–Kier alpha value is -1.49. The molecule has 0 aromatic carbocycles. The summed E-state index contributed by atoms with van der Waals surface area (Å²) >= 11 is 4.81. The van der Waals surface area contributed by atoms with Crippen molar-refractivity contribution in [3.63, 3.8) is 0 Å². The molecule has 17 heavy (non-hydrogen) atoms. The number of nitrogens with one attached hydrogen (secondary N) is 1. The molecule has 0 spiro atoms. The number of carbonyl (C=O) groups excluding carboxylic acids is 1. The maximum absolute atomic E-state index is 11.7. The second-order valence-corrected chi connectivity index (χ2v) is 4.92. The number of hydrogen-bond donors (Lipinski definition) is 2. The summed E-state index contributed by atoms with van der Waals surface area (Å²) in [5, 5.41) is 2.87. The highest BCUT2D eigenvalue weighted by atomic mass is 32.1. The van der Waals surface area contributed by atoms with Gasteiger partial charge in [0, 0.05) is 18.3 Å². The third-order valence-electron chi connectivity index (χ3n) is 3.08. The molecule has 90 valence electrons. The average molecular weight is 249 g/mol. The number of hydrogen-bond acceptors (Lipinski definition) is 3. The zero-order valence-corrected chi connectivity index (χ0v) is 10.5. The third-order valence-corrected chi connectivity index (χ3v) is 3.32. The number of aromatic nitrogens is 1. The van der Waals surface area contributed by atoms with E-state index >= 15 is 0 Å². The second-order valence-electron chi connectivity index (χ2n) is 4.48. The van der Waals surface area contributed by atoms with E-state index in [0.717, 1.165) is 12.5 Å². The summed E-state index contributed by atoms with van der Waals surface area (Å²) in [6.07, 6.45) is 2.73. The summed E-state index contributed by atoms with van der Waals surface area (Å²) in [4.78, 5) is 16.1. The number of nitrogens with zero attached hydrogens (tertiary/aromatic N) is 1. The van der Waals surface area contributed by atoms with Gasteiger partial charge in [-0.25, -0.2) is 0 Å². The monoisotopic (exact) mass is 249 g/mol. The standard InChI is InChI=1S/C12H15N3OS/c1-7-4-9(7)6-15-12(16)10-3-2-8(5-14-10)11(13)17/h2-3,5,7,9H,4,6H2,1H3,(H2,13,17)(H,15,16). The SMILES string of the molecule is CC1CC1CNC(=O)c1ccc(C(N)=S)cn1. The topological polar surface area (TPSA) is 68.0 Å². The fourth-order valence-corrected chi connectivity index (χ4v) is 1.79. The van der Waals surface area contributed by atoms with E-state index in [0.29, 0.717) is 17.2 Å². The van der Waals surface area contributed by atoms with Crippen molar-refractivity contribution in [3.05, 3.63) is 29.6 Å². The van der Waals surface area contributed by atoms with Crippen LogP contribution in [0.3, 0.4) is 0 Å². The number of pyridine rings is 1. The molecule has 1 aromatic heterocycles. The van der Waals surface area contributed by atoms with Gasteiger partial charge in [0.05, 0.1) is 0 Å².